The number of anilines is 1. The van der Waals surface area contributed by atoms with Crippen LogP contribution >= 0.6 is 11.3 Å². The standard InChI is InChI=1S/C18H23N3S/c1-13(20-16-6-4-3-5-7-16)14-8-10-15(11-9-14)17-12-22-18(19-2)21-17/h8-12,16,20H,1,3-7H2,2H3,(H,19,21). The lowest BCUT2D eigenvalue weighted by Crippen LogP contribution is -2.29. The van der Waals surface area contributed by atoms with Crippen LogP contribution in [0.5, 0.6) is 0 Å². The van der Waals surface area contributed by atoms with E-state index >= 15 is 0 Å². The second kappa shape index (κ2) is 6.97. The number of thiazole rings is 1. The minimum absolute atomic E-state index is 0.595. The molecule has 0 unspecified atom stereocenters. The van der Waals surface area contributed by atoms with E-state index in [-0.39, 0.29) is 0 Å². The van der Waals surface area contributed by atoms with Gasteiger partial charge in [0.1, 0.15) is 0 Å². The van der Waals surface area contributed by atoms with Crippen molar-refractivity contribution in [1.29, 1.82) is 0 Å². The van der Waals surface area contributed by atoms with Crippen molar-refractivity contribution in [1.82, 2.24) is 10.3 Å². The number of hydrogen-bond acceptors (Lipinski definition) is 4. The van der Waals surface area contributed by atoms with Gasteiger partial charge in [-0.05, 0) is 18.4 Å². The van der Waals surface area contributed by atoms with Crippen LogP contribution in [0.3, 0.4) is 0 Å². The summed E-state index contributed by atoms with van der Waals surface area (Å²) in [6.45, 7) is 4.20. The molecule has 1 saturated carbocycles. The third kappa shape index (κ3) is 3.50. The Hall–Kier alpha value is -1.81. The summed E-state index contributed by atoms with van der Waals surface area (Å²) >= 11 is 1.63. The predicted molar refractivity (Wildman–Crippen MR) is 96.1 cm³/mol. The van der Waals surface area contributed by atoms with Crippen LogP contribution in [0.4, 0.5) is 5.13 Å². The van der Waals surface area contributed by atoms with Gasteiger partial charge in [0, 0.05) is 29.7 Å². The van der Waals surface area contributed by atoms with Gasteiger partial charge in [0.15, 0.2) is 5.13 Å². The first kappa shape index (κ1) is 15.1. The van der Waals surface area contributed by atoms with Crippen molar-refractivity contribution in [3.8, 4) is 11.3 Å². The molecule has 0 aliphatic heterocycles. The molecule has 0 radical (unpaired) electrons. The topological polar surface area (TPSA) is 37.0 Å². The number of benzene rings is 1. The highest BCUT2D eigenvalue weighted by atomic mass is 32.1. The summed E-state index contributed by atoms with van der Waals surface area (Å²) in [5.74, 6) is 0. The van der Waals surface area contributed by atoms with Crippen LogP contribution in [0.15, 0.2) is 36.2 Å². The highest BCUT2D eigenvalue weighted by Gasteiger charge is 2.14. The molecule has 1 fully saturated rings. The zero-order chi connectivity index (χ0) is 15.4. The Bertz CT molecular complexity index is 624. The third-order valence-electron chi connectivity index (χ3n) is 4.23. The zero-order valence-electron chi connectivity index (χ0n) is 13.1. The summed E-state index contributed by atoms with van der Waals surface area (Å²) in [6.07, 6.45) is 6.58. The van der Waals surface area contributed by atoms with Crippen LogP contribution in [-0.2, 0) is 0 Å². The van der Waals surface area contributed by atoms with Crippen LogP contribution < -0.4 is 10.6 Å². The molecular formula is C18H23N3S. The van der Waals surface area contributed by atoms with Crippen molar-refractivity contribution >= 4 is 22.2 Å². The van der Waals surface area contributed by atoms with E-state index in [1.54, 1.807) is 11.3 Å². The molecule has 1 aromatic heterocycles. The van der Waals surface area contributed by atoms with Crippen molar-refractivity contribution in [3.63, 3.8) is 0 Å². The second-order valence-electron chi connectivity index (χ2n) is 5.82. The Labute approximate surface area is 136 Å². The molecule has 2 aromatic rings. The minimum Gasteiger partial charge on any atom is -0.382 e. The van der Waals surface area contributed by atoms with E-state index in [2.05, 4.69) is 51.8 Å². The molecule has 2 N–H and O–H groups in total. The van der Waals surface area contributed by atoms with Crippen molar-refractivity contribution in [2.75, 3.05) is 12.4 Å². The molecule has 3 rings (SSSR count). The smallest absolute Gasteiger partial charge is 0.182 e. The molecule has 0 atom stereocenters. The molecule has 22 heavy (non-hydrogen) atoms. The molecule has 0 amide bonds. The highest BCUT2D eigenvalue weighted by Crippen LogP contribution is 2.26. The van der Waals surface area contributed by atoms with Crippen LogP contribution in [0, 0.1) is 0 Å². The van der Waals surface area contributed by atoms with Crippen LogP contribution in [0.25, 0.3) is 17.0 Å². The molecule has 0 spiro atoms. The Kier molecular flexibility index (Phi) is 4.78. The summed E-state index contributed by atoms with van der Waals surface area (Å²) in [7, 11) is 1.90. The van der Waals surface area contributed by atoms with Gasteiger partial charge in [0.05, 0.1) is 5.69 Å². The van der Waals surface area contributed by atoms with Crippen molar-refractivity contribution < 1.29 is 0 Å². The van der Waals surface area contributed by atoms with E-state index in [4.69, 9.17) is 0 Å². The lowest BCUT2D eigenvalue weighted by Gasteiger charge is -2.25. The first-order valence-electron chi connectivity index (χ1n) is 7.96. The van der Waals surface area contributed by atoms with Gasteiger partial charge < -0.3 is 10.6 Å². The largest absolute Gasteiger partial charge is 0.382 e. The molecule has 1 heterocycles. The Morgan fingerprint density at radius 2 is 1.91 bits per heavy atom. The van der Waals surface area contributed by atoms with Gasteiger partial charge in [0.25, 0.3) is 0 Å². The van der Waals surface area contributed by atoms with Crippen LogP contribution in [-0.4, -0.2) is 18.1 Å². The molecule has 3 nitrogen and oxygen atoms in total. The highest BCUT2D eigenvalue weighted by molar-refractivity contribution is 7.14. The lowest BCUT2D eigenvalue weighted by molar-refractivity contribution is 0.409. The van der Waals surface area contributed by atoms with E-state index in [1.807, 2.05) is 7.05 Å². The zero-order valence-corrected chi connectivity index (χ0v) is 13.9. The van der Waals surface area contributed by atoms with Gasteiger partial charge in [-0.2, -0.15) is 0 Å². The molecular weight excluding hydrogens is 290 g/mol. The second-order valence-corrected chi connectivity index (χ2v) is 6.68. The third-order valence-corrected chi connectivity index (χ3v) is 5.09. The fraction of sp³-hybridized carbons (Fsp3) is 0.389. The SMILES string of the molecule is C=C(NC1CCCCC1)c1ccc(-c2csc(NC)n2)cc1. The van der Waals surface area contributed by atoms with Crippen molar-refractivity contribution in [2.24, 2.45) is 0 Å². The van der Waals surface area contributed by atoms with Gasteiger partial charge >= 0.3 is 0 Å². The molecule has 1 aromatic carbocycles. The van der Waals surface area contributed by atoms with Crippen LogP contribution in [0.1, 0.15) is 37.7 Å². The summed E-state index contributed by atoms with van der Waals surface area (Å²) in [4.78, 5) is 4.54. The van der Waals surface area contributed by atoms with Gasteiger partial charge in [-0.15, -0.1) is 11.3 Å². The molecule has 1 aliphatic carbocycles. The van der Waals surface area contributed by atoms with E-state index in [1.165, 1.54) is 37.7 Å². The number of nitrogens with zero attached hydrogens (tertiary/aromatic N) is 1. The van der Waals surface area contributed by atoms with Crippen LogP contribution in [0.2, 0.25) is 0 Å². The maximum Gasteiger partial charge on any atom is 0.182 e. The Balaban J connectivity index is 1.66. The van der Waals surface area contributed by atoms with E-state index in [9.17, 15) is 0 Å². The first-order chi connectivity index (χ1) is 10.8. The fourth-order valence-electron chi connectivity index (χ4n) is 2.94. The number of aromatic nitrogens is 1. The van der Waals surface area contributed by atoms with Gasteiger partial charge in [-0.25, -0.2) is 4.98 Å². The van der Waals surface area contributed by atoms with Crippen molar-refractivity contribution in [3.05, 3.63) is 41.8 Å². The molecule has 1 aliphatic rings. The van der Waals surface area contributed by atoms with E-state index in [0.717, 1.165) is 22.1 Å². The van der Waals surface area contributed by atoms with Gasteiger partial charge in [-0.3, -0.25) is 0 Å². The summed E-state index contributed by atoms with van der Waals surface area (Å²) in [5, 5.41) is 9.69. The molecule has 0 bridgehead atoms. The maximum atomic E-state index is 4.54. The normalized spacial score (nSPS) is 15.5. The van der Waals surface area contributed by atoms with E-state index in [0.29, 0.717) is 6.04 Å². The predicted octanol–water partition coefficient (Wildman–Crippen LogP) is 4.74. The van der Waals surface area contributed by atoms with Gasteiger partial charge in [0.2, 0.25) is 0 Å². The average molecular weight is 313 g/mol. The molecule has 0 saturated heterocycles. The van der Waals surface area contributed by atoms with E-state index < -0.39 is 0 Å². The fourth-order valence-corrected chi connectivity index (χ4v) is 3.62. The average Bonchev–Trinajstić information content (AvgIpc) is 3.05. The number of rotatable bonds is 5. The Morgan fingerprint density at radius 1 is 1.18 bits per heavy atom. The summed E-state index contributed by atoms with van der Waals surface area (Å²) in [5.41, 5.74) is 4.37. The minimum atomic E-state index is 0.595. The summed E-state index contributed by atoms with van der Waals surface area (Å²) < 4.78 is 0. The van der Waals surface area contributed by atoms with Gasteiger partial charge in [-0.1, -0.05) is 50.1 Å². The van der Waals surface area contributed by atoms with Crippen molar-refractivity contribution in [2.45, 2.75) is 38.1 Å². The maximum absolute atomic E-state index is 4.54. The number of hydrogen-bond donors (Lipinski definition) is 2. The summed E-state index contributed by atoms with van der Waals surface area (Å²) in [6, 6.07) is 9.10. The monoisotopic (exact) mass is 313 g/mol. The quantitative estimate of drug-likeness (QED) is 0.837. The number of nitrogens with one attached hydrogen (secondary N) is 2. The molecule has 4 heteroatoms. The first-order valence-corrected chi connectivity index (χ1v) is 8.84. The lowest BCUT2D eigenvalue weighted by atomic mass is 9.95. The molecule has 116 valence electrons. The Morgan fingerprint density at radius 3 is 2.55 bits per heavy atom.